The molecule has 0 radical (unpaired) electrons. The molecule has 2 rings (SSSR count). The third-order valence-corrected chi connectivity index (χ3v) is 2.89. The molecule has 1 aromatic carbocycles. The minimum Gasteiger partial charge on any atom is -0.399 e. The molecule has 0 aliphatic heterocycles. The zero-order chi connectivity index (χ0) is 13.1. The molecule has 92 valence electrons. The fourth-order valence-electron chi connectivity index (χ4n) is 1.54. The van der Waals surface area contributed by atoms with E-state index in [0.717, 1.165) is 5.69 Å². The maximum Gasteiger partial charge on any atom is 0.259 e. The Balaban J connectivity index is 2.29. The van der Waals surface area contributed by atoms with Crippen molar-refractivity contribution in [3.63, 3.8) is 0 Å². The molecule has 2 aromatic rings. The summed E-state index contributed by atoms with van der Waals surface area (Å²) in [6.07, 6.45) is 2.99. The fraction of sp³-hybridized carbons (Fsp3) is 0.0769. The van der Waals surface area contributed by atoms with Gasteiger partial charge in [-0.25, -0.2) is 0 Å². The molecule has 0 atom stereocenters. The summed E-state index contributed by atoms with van der Waals surface area (Å²) in [7, 11) is 1.69. The molecule has 4 nitrogen and oxygen atoms in total. The Labute approximate surface area is 110 Å². The number of rotatable bonds is 2. The lowest BCUT2D eigenvalue weighted by molar-refractivity contribution is 0.0993. The maximum atomic E-state index is 12.2. The van der Waals surface area contributed by atoms with Gasteiger partial charge in [-0.05, 0) is 30.3 Å². The molecule has 0 unspecified atom stereocenters. The number of carbonyl (C=O) groups excluding carboxylic acids is 1. The van der Waals surface area contributed by atoms with Crippen LogP contribution in [0.5, 0.6) is 0 Å². The number of nitrogens with two attached hydrogens (primary N) is 1. The van der Waals surface area contributed by atoms with Crippen LogP contribution in [-0.2, 0) is 0 Å². The first-order valence-electron chi connectivity index (χ1n) is 5.32. The van der Waals surface area contributed by atoms with E-state index in [-0.39, 0.29) is 5.91 Å². The van der Waals surface area contributed by atoms with Crippen LogP contribution in [0.4, 0.5) is 11.4 Å². The second-order valence-electron chi connectivity index (χ2n) is 3.81. The van der Waals surface area contributed by atoms with E-state index in [0.29, 0.717) is 16.3 Å². The Morgan fingerprint density at radius 3 is 2.56 bits per heavy atom. The maximum absolute atomic E-state index is 12.2. The third-order valence-electron chi connectivity index (χ3n) is 2.59. The summed E-state index contributed by atoms with van der Waals surface area (Å²) >= 11 is 5.95. The highest BCUT2D eigenvalue weighted by Gasteiger charge is 2.16. The van der Waals surface area contributed by atoms with Crippen LogP contribution in [0.25, 0.3) is 0 Å². The Morgan fingerprint density at radius 1 is 1.28 bits per heavy atom. The van der Waals surface area contributed by atoms with E-state index in [1.165, 1.54) is 17.3 Å². The van der Waals surface area contributed by atoms with Gasteiger partial charge in [0.15, 0.2) is 0 Å². The van der Waals surface area contributed by atoms with Crippen molar-refractivity contribution in [2.45, 2.75) is 0 Å². The van der Waals surface area contributed by atoms with Gasteiger partial charge in [-0.1, -0.05) is 11.6 Å². The zero-order valence-corrected chi connectivity index (χ0v) is 10.6. The summed E-state index contributed by atoms with van der Waals surface area (Å²) in [5.74, 6) is -0.188. The van der Waals surface area contributed by atoms with Crippen LogP contribution in [0.15, 0.2) is 42.7 Å². The number of hydrogen-bond donors (Lipinski definition) is 1. The Kier molecular flexibility index (Phi) is 3.48. The van der Waals surface area contributed by atoms with E-state index < -0.39 is 0 Å². The molecule has 2 N–H and O–H groups in total. The Bertz CT molecular complexity index is 569. The summed E-state index contributed by atoms with van der Waals surface area (Å²) in [6, 6.07) is 8.64. The number of benzene rings is 1. The van der Waals surface area contributed by atoms with Crippen molar-refractivity contribution in [3.05, 3.63) is 53.3 Å². The number of carbonyl (C=O) groups is 1. The normalized spacial score (nSPS) is 10.1. The van der Waals surface area contributed by atoms with Crippen molar-refractivity contribution in [2.75, 3.05) is 17.7 Å². The highest BCUT2D eigenvalue weighted by Crippen LogP contribution is 2.20. The van der Waals surface area contributed by atoms with Crippen LogP contribution < -0.4 is 10.6 Å². The zero-order valence-electron chi connectivity index (χ0n) is 9.80. The largest absolute Gasteiger partial charge is 0.399 e. The molecule has 1 amide bonds. The number of amides is 1. The number of aromatic nitrogens is 1. The second kappa shape index (κ2) is 5.06. The molecule has 0 saturated heterocycles. The average Bonchev–Trinajstić information content (AvgIpc) is 2.38. The highest BCUT2D eigenvalue weighted by atomic mass is 35.5. The van der Waals surface area contributed by atoms with E-state index in [1.807, 2.05) is 0 Å². The monoisotopic (exact) mass is 261 g/mol. The predicted octanol–water partition coefficient (Wildman–Crippen LogP) is 2.59. The standard InChI is InChI=1S/C13H12ClN3O/c1-17(10-4-2-9(15)3-5-10)13(18)11-6-7-16-8-12(11)14/h2-8H,15H2,1H3. The fourth-order valence-corrected chi connectivity index (χ4v) is 1.74. The van der Waals surface area contributed by atoms with Crippen molar-refractivity contribution in [1.29, 1.82) is 0 Å². The second-order valence-corrected chi connectivity index (χ2v) is 4.22. The lowest BCUT2D eigenvalue weighted by atomic mass is 10.2. The first-order valence-corrected chi connectivity index (χ1v) is 5.70. The number of pyridine rings is 1. The lowest BCUT2D eigenvalue weighted by Crippen LogP contribution is -2.26. The minimum atomic E-state index is -0.188. The van der Waals surface area contributed by atoms with Crippen molar-refractivity contribution in [3.8, 4) is 0 Å². The van der Waals surface area contributed by atoms with Gasteiger partial charge in [0.1, 0.15) is 0 Å². The van der Waals surface area contributed by atoms with E-state index >= 15 is 0 Å². The smallest absolute Gasteiger partial charge is 0.259 e. The van der Waals surface area contributed by atoms with E-state index in [2.05, 4.69) is 4.98 Å². The molecule has 0 bridgehead atoms. The van der Waals surface area contributed by atoms with Gasteiger partial charge >= 0.3 is 0 Å². The van der Waals surface area contributed by atoms with Crippen LogP contribution in [-0.4, -0.2) is 17.9 Å². The van der Waals surface area contributed by atoms with E-state index in [4.69, 9.17) is 17.3 Å². The lowest BCUT2D eigenvalue weighted by Gasteiger charge is -2.18. The van der Waals surface area contributed by atoms with Gasteiger partial charge in [-0.3, -0.25) is 9.78 Å². The van der Waals surface area contributed by atoms with Gasteiger partial charge in [-0.15, -0.1) is 0 Å². The molecule has 0 aliphatic rings. The molecule has 0 spiro atoms. The van der Waals surface area contributed by atoms with E-state index in [9.17, 15) is 4.79 Å². The molecule has 5 heteroatoms. The third kappa shape index (κ3) is 2.43. The summed E-state index contributed by atoms with van der Waals surface area (Å²) in [5, 5.41) is 0.338. The van der Waals surface area contributed by atoms with Crippen LogP contribution >= 0.6 is 11.6 Å². The summed E-state index contributed by atoms with van der Waals surface area (Å²) in [4.78, 5) is 17.6. The summed E-state index contributed by atoms with van der Waals surface area (Å²) in [5.41, 5.74) is 7.43. The topological polar surface area (TPSA) is 59.2 Å². The van der Waals surface area contributed by atoms with Crippen LogP contribution in [0.1, 0.15) is 10.4 Å². The number of hydrogen-bond acceptors (Lipinski definition) is 3. The minimum absolute atomic E-state index is 0.188. The summed E-state index contributed by atoms with van der Waals surface area (Å²) < 4.78 is 0. The van der Waals surface area contributed by atoms with Crippen molar-refractivity contribution >= 4 is 28.9 Å². The first kappa shape index (κ1) is 12.4. The Hall–Kier alpha value is -2.07. The van der Waals surface area contributed by atoms with Crippen LogP contribution in [0, 0.1) is 0 Å². The predicted molar refractivity (Wildman–Crippen MR) is 72.8 cm³/mol. The number of halogens is 1. The molecule has 0 aliphatic carbocycles. The van der Waals surface area contributed by atoms with Crippen molar-refractivity contribution in [1.82, 2.24) is 4.98 Å². The molecule has 0 saturated carbocycles. The summed E-state index contributed by atoms with van der Waals surface area (Å²) in [6.45, 7) is 0. The SMILES string of the molecule is CN(C(=O)c1ccncc1Cl)c1ccc(N)cc1. The van der Waals surface area contributed by atoms with Gasteiger partial charge in [-0.2, -0.15) is 0 Å². The molecule has 0 fully saturated rings. The average molecular weight is 262 g/mol. The highest BCUT2D eigenvalue weighted by molar-refractivity contribution is 6.34. The number of anilines is 2. The quantitative estimate of drug-likeness (QED) is 0.846. The number of nitrogens with zero attached hydrogens (tertiary/aromatic N) is 2. The van der Waals surface area contributed by atoms with Crippen LogP contribution in [0.3, 0.4) is 0 Å². The molecular weight excluding hydrogens is 250 g/mol. The van der Waals surface area contributed by atoms with E-state index in [1.54, 1.807) is 37.4 Å². The molecule has 1 heterocycles. The van der Waals surface area contributed by atoms with Gasteiger partial charge in [0.05, 0.1) is 10.6 Å². The van der Waals surface area contributed by atoms with Gasteiger partial charge in [0, 0.05) is 30.8 Å². The van der Waals surface area contributed by atoms with Gasteiger partial charge in [0.25, 0.3) is 5.91 Å². The van der Waals surface area contributed by atoms with Crippen LogP contribution in [0.2, 0.25) is 5.02 Å². The molecule has 18 heavy (non-hydrogen) atoms. The number of nitrogen functional groups attached to an aromatic ring is 1. The van der Waals surface area contributed by atoms with Gasteiger partial charge in [0.2, 0.25) is 0 Å². The molecular formula is C13H12ClN3O. The Morgan fingerprint density at radius 2 is 1.94 bits per heavy atom. The van der Waals surface area contributed by atoms with Gasteiger partial charge < -0.3 is 10.6 Å². The van der Waals surface area contributed by atoms with Crippen molar-refractivity contribution < 1.29 is 4.79 Å². The van der Waals surface area contributed by atoms with Crippen molar-refractivity contribution in [2.24, 2.45) is 0 Å². The first-order chi connectivity index (χ1) is 8.59. The molecule has 1 aromatic heterocycles.